The van der Waals surface area contributed by atoms with E-state index in [4.69, 9.17) is 4.74 Å². The summed E-state index contributed by atoms with van der Waals surface area (Å²) >= 11 is 0. The highest BCUT2D eigenvalue weighted by Gasteiger charge is 2.04. The lowest BCUT2D eigenvalue weighted by Gasteiger charge is -2.13. The van der Waals surface area contributed by atoms with E-state index in [1.807, 2.05) is 18.2 Å². The number of hydrogen-bond donors (Lipinski definition) is 1. The van der Waals surface area contributed by atoms with Gasteiger partial charge in [-0.1, -0.05) is 67.9 Å². The molecule has 3 aromatic rings. The van der Waals surface area contributed by atoms with Crippen LogP contribution in [0.4, 0.5) is 5.69 Å². The number of anilines is 1. The number of hydrogen-bond acceptors (Lipinski definition) is 2. The molecule has 0 aliphatic rings. The Hall–Kier alpha value is -2.48. The number of unbranched alkanes of at least 4 members (excludes halogenated alkanes) is 1. The lowest BCUT2D eigenvalue weighted by atomic mass is 10.0. The van der Waals surface area contributed by atoms with Crippen molar-refractivity contribution in [1.29, 1.82) is 0 Å². The Morgan fingerprint density at radius 3 is 2.58 bits per heavy atom. The molecular weight excluding hydrogens is 294 g/mol. The molecule has 2 heteroatoms. The summed E-state index contributed by atoms with van der Waals surface area (Å²) in [5, 5.41) is 6.17. The average Bonchev–Trinajstić information content (AvgIpc) is 2.63. The largest absolute Gasteiger partial charge is 0.491 e. The lowest BCUT2D eigenvalue weighted by Crippen LogP contribution is -2.07. The minimum absolute atomic E-state index is 0.776. The van der Waals surface area contributed by atoms with Crippen LogP contribution >= 0.6 is 0 Å². The van der Waals surface area contributed by atoms with E-state index in [9.17, 15) is 0 Å². The Kier molecular flexibility index (Phi) is 5.73. The first kappa shape index (κ1) is 16.4. The van der Waals surface area contributed by atoms with Crippen LogP contribution in [0, 0.1) is 0 Å². The summed E-state index contributed by atoms with van der Waals surface area (Å²) in [5.74, 6) is 0.948. The second kappa shape index (κ2) is 8.39. The van der Waals surface area contributed by atoms with Crippen molar-refractivity contribution in [3.05, 3.63) is 72.3 Å². The van der Waals surface area contributed by atoms with E-state index >= 15 is 0 Å². The number of rotatable bonds is 8. The average molecular weight is 319 g/mol. The molecule has 0 unspecified atom stereocenters. The van der Waals surface area contributed by atoms with Gasteiger partial charge in [-0.25, -0.2) is 0 Å². The Labute approximate surface area is 144 Å². The number of benzene rings is 3. The molecule has 124 valence electrons. The molecule has 0 aromatic heterocycles. The molecule has 3 rings (SSSR count). The SMILES string of the molecule is CCCCOc1ccccc1NCCc1cccc2ccccc12. The van der Waals surface area contributed by atoms with Crippen molar-refractivity contribution >= 4 is 16.5 Å². The lowest BCUT2D eigenvalue weighted by molar-refractivity contribution is 0.310. The molecule has 0 aliphatic heterocycles. The van der Waals surface area contributed by atoms with Gasteiger partial charge in [-0.3, -0.25) is 0 Å². The van der Waals surface area contributed by atoms with Crippen LogP contribution in [0.25, 0.3) is 10.8 Å². The van der Waals surface area contributed by atoms with E-state index in [-0.39, 0.29) is 0 Å². The molecule has 24 heavy (non-hydrogen) atoms. The van der Waals surface area contributed by atoms with E-state index in [1.54, 1.807) is 0 Å². The van der Waals surface area contributed by atoms with Gasteiger partial charge in [0.15, 0.2) is 0 Å². The molecular formula is C22H25NO. The second-order valence-corrected chi connectivity index (χ2v) is 6.01. The first-order chi connectivity index (χ1) is 11.9. The Bertz CT molecular complexity index is 776. The monoisotopic (exact) mass is 319 g/mol. The molecule has 2 nitrogen and oxygen atoms in total. The zero-order chi connectivity index (χ0) is 16.6. The van der Waals surface area contributed by atoms with Gasteiger partial charge in [0.25, 0.3) is 0 Å². The van der Waals surface area contributed by atoms with Gasteiger partial charge < -0.3 is 10.1 Å². The first-order valence-electron chi connectivity index (χ1n) is 8.81. The molecule has 0 heterocycles. The number of para-hydroxylation sites is 2. The van der Waals surface area contributed by atoms with Gasteiger partial charge in [-0.15, -0.1) is 0 Å². The van der Waals surface area contributed by atoms with E-state index in [0.29, 0.717) is 0 Å². The third-order valence-corrected chi connectivity index (χ3v) is 4.23. The predicted octanol–water partition coefficient (Wildman–Crippen LogP) is 5.67. The van der Waals surface area contributed by atoms with E-state index in [2.05, 4.69) is 60.8 Å². The highest BCUT2D eigenvalue weighted by Crippen LogP contribution is 2.24. The standard InChI is InChI=1S/C22H25NO/c1-2-3-17-24-22-14-7-6-13-21(22)23-16-15-19-11-8-10-18-9-4-5-12-20(18)19/h4-14,23H,2-3,15-17H2,1H3. The van der Waals surface area contributed by atoms with Gasteiger partial charge in [0.05, 0.1) is 12.3 Å². The summed E-state index contributed by atoms with van der Waals surface area (Å²) in [7, 11) is 0. The van der Waals surface area contributed by atoms with Crippen molar-refractivity contribution in [2.45, 2.75) is 26.2 Å². The molecule has 1 N–H and O–H groups in total. The minimum atomic E-state index is 0.776. The molecule has 0 atom stereocenters. The predicted molar refractivity (Wildman–Crippen MR) is 103 cm³/mol. The van der Waals surface area contributed by atoms with Gasteiger partial charge in [0.1, 0.15) is 5.75 Å². The van der Waals surface area contributed by atoms with Gasteiger partial charge in [-0.2, -0.15) is 0 Å². The highest BCUT2D eigenvalue weighted by atomic mass is 16.5. The Morgan fingerprint density at radius 2 is 1.67 bits per heavy atom. The quantitative estimate of drug-likeness (QED) is 0.540. The van der Waals surface area contributed by atoms with Crippen LogP contribution in [-0.4, -0.2) is 13.2 Å². The van der Waals surface area contributed by atoms with Crippen LogP contribution in [0.5, 0.6) is 5.75 Å². The summed E-state index contributed by atoms with van der Waals surface area (Å²) in [5.41, 5.74) is 2.46. The van der Waals surface area contributed by atoms with Gasteiger partial charge in [0.2, 0.25) is 0 Å². The fraction of sp³-hybridized carbons (Fsp3) is 0.273. The van der Waals surface area contributed by atoms with Crippen molar-refractivity contribution in [2.24, 2.45) is 0 Å². The maximum absolute atomic E-state index is 5.89. The van der Waals surface area contributed by atoms with Gasteiger partial charge in [-0.05, 0) is 41.3 Å². The summed E-state index contributed by atoms with van der Waals surface area (Å²) in [6, 6.07) is 23.3. The molecule has 3 aromatic carbocycles. The molecule has 0 spiro atoms. The third kappa shape index (κ3) is 4.08. The number of ether oxygens (including phenoxy) is 1. The smallest absolute Gasteiger partial charge is 0.142 e. The molecule has 0 aliphatic carbocycles. The van der Waals surface area contributed by atoms with E-state index < -0.39 is 0 Å². The summed E-state index contributed by atoms with van der Waals surface area (Å²) < 4.78 is 5.89. The third-order valence-electron chi connectivity index (χ3n) is 4.23. The van der Waals surface area contributed by atoms with Gasteiger partial charge in [0, 0.05) is 6.54 Å². The fourth-order valence-corrected chi connectivity index (χ4v) is 2.91. The fourth-order valence-electron chi connectivity index (χ4n) is 2.91. The Balaban J connectivity index is 1.64. The van der Waals surface area contributed by atoms with Crippen LogP contribution in [0.15, 0.2) is 66.7 Å². The molecule has 0 fully saturated rings. The maximum atomic E-state index is 5.89. The summed E-state index contributed by atoms with van der Waals surface area (Å²) in [6.45, 7) is 3.85. The van der Waals surface area contributed by atoms with E-state index in [1.165, 1.54) is 16.3 Å². The maximum Gasteiger partial charge on any atom is 0.142 e. The van der Waals surface area contributed by atoms with Crippen LogP contribution < -0.4 is 10.1 Å². The highest BCUT2D eigenvalue weighted by molar-refractivity contribution is 5.85. The molecule has 0 saturated heterocycles. The van der Waals surface area contributed by atoms with Crippen LogP contribution in [0.3, 0.4) is 0 Å². The van der Waals surface area contributed by atoms with Crippen molar-refractivity contribution in [1.82, 2.24) is 0 Å². The molecule has 0 bridgehead atoms. The second-order valence-electron chi connectivity index (χ2n) is 6.01. The molecule has 0 radical (unpaired) electrons. The van der Waals surface area contributed by atoms with Crippen molar-refractivity contribution in [3.63, 3.8) is 0 Å². The summed E-state index contributed by atoms with van der Waals surface area (Å²) in [4.78, 5) is 0. The van der Waals surface area contributed by atoms with Crippen molar-refractivity contribution in [3.8, 4) is 5.75 Å². The first-order valence-corrected chi connectivity index (χ1v) is 8.81. The Morgan fingerprint density at radius 1 is 0.875 bits per heavy atom. The van der Waals surface area contributed by atoms with Crippen LogP contribution in [0.1, 0.15) is 25.3 Å². The minimum Gasteiger partial charge on any atom is -0.491 e. The van der Waals surface area contributed by atoms with Crippen LogP contribution in [-0.2, 0) is 6.42 Å². The van der Waals surface area contributed by atoms with Gasteiger partial charge >= 0.3 is 0 Å². The van der Waals surface area contributed by atoms with Crippen molar-refractivity contribution < 1.29 is 4.74 Å². The number of fused-ring (bicyclic) bond motifs is 1. The zero-order valence-corrected chi connectivity index (χ0v) is 14.3. The van der Waals surface area contributed by atoms with Crippen LogP contribution in [0.2, 0.25) is 0 Å². The van der Waals surface area contributed by atoms with E-state index in [0.717, 1.165) is 43.9 Å². The molecule has 0 amide bonds. The summed E-state index contributed by atoms with van der Waals surface area (Å²) in [6.07, 6.45) is 3.23. The molecule has 0 saturated carbocycles. The number of nitrogens with one attached hydrogen (secondary N) is 1. The zero-order valence-electron chi connectivity index (χ0n) is 14.3. The normalized spacial score (nSPS) is 10.7. The topological polar surface area (TPSA) is 21.3 Å². The van der Waals surface area contributed by atoms with Crippen molar-refractivity contribution in [2.75, 3.05) is 18.5 Å².